The number of fused-ring (bicyclic) bond motifs is 2. The molecule has 0 aromatic heterocycles. The van der Waals surface area contributed by atoms with Crippen molar-refractivity contribution in [1.29, 1.82) is 0 Å². The van der Waals surface area contributed by atoms with Gasteiger partial charge in [0.2, 0.25) is 0 Å². The predicted octanol–water partition coefficient (Wildman–Crippen LogP) is 3.21. The Morgan fingerprint density at radius 2 is 2.17 bits per heavy atom. The molecule has 2 N–H and O–H groups in total. The molecule has 0 spiro atoms. The summed E-state index contributed by atoms with van der Waals surface area (Å²) in [6.07, 6.45) is 1.89. The molecule has 5 heteroatoms. The fraction of sp³-hybridized carbons (Fsp3) is 0.278. The maximum atomic E-state index is 13.0. The lowest BCUT2D eigenvalue weighted by atomic mass is 9.99. The molecule has 4 rings (SSSR count). The summed E-state index contributed by atoms with van der Waals surface area (Å²) in [6.45, 7) is 0.701. The third kappa shape index (κ3) is 2.43. The number of nitrogens with two attached hydrogens (primary N) is 1. The number of ether oxygens (including phenoxy) is 1. The molecule has 4 nitrogen and oxygen atoms in total. The maximum Gasteiger partial charge on any atom is 0.268 e. The maximum absolute atomic E-state index is 13.0. The fourth-order valence-corrected chi connectivity index (χ4v) is 3.60. The zero-order chi connectivity index (χ0) is 16.0. The van der Waals surface area contributed by atoms with E-state index in [4.69, 9.17) is 22.1 Å². The third-order valence-corrected chi connectivity index (χ3v) is 4.76. The van der Waals surface area contributed by atoms with Crippen molar-refractivity contribution in [2.45, 2.75) is 25.4 Å². The highest BCUT2D eigenvalue weighted by Gasteiger charge is 2.35. The molecule has 0 bridgehead atoms. The first-order valence-corrected chi connectivity index (χ1v) is 8.15. The van der Waals surface area contributed by atoms with Gasteiger partial charge in [-0.2, -0.15) is 0 Å². The number of benzene rings is 2. The Hall–Kier alpha value is -2.20. The fourth-order valence-electron chi connectivity index (χ4n) is 3.41. The van der Waals surface area contributed by atoms with E-state index in [2.05, 4.69) is 0 Å². The second kappa shape index (κ2) is 5.46. The molecule has 118 valence electrons. The lowest BCUT2D eigenvalue weighted by Crippen LogP contribution is -2.44. The average molecular weight is 329 g/mol. The van der Waals surface area contributed by atoms with Crippen LogP contribution in [-0.2, 0) is 17.6 Å². The summed E-state index contributed by atoms with van der Waals surface area (Å²) in [7, 11) is 0. The number of rotatable bonds is 1. The van der Waals surface area contributed by atoms with E-state index in [-0.39, 0.29) is 5.91 Å². The molecule has 0 saturated carbocycles. The number of nitrogen functional groups attached to an aromatic ring is 1. The average Bonchev–Trinajstić information content (AvgIpc) is 2.97. The topological polar surface area (TPSA) is 55.6 Å². The Balaban J connectivity index is 1.61. The van der Waals surface area contributed by atoms with Gasteiger partial charge in [-0.25, -0.2) is 0 Å². The zero-order valence-corrected chi connectivity index (χ0v) is 13.3. The largest absolute Gasteiger partial charge is 0.480 e. The molecular weight excluding hydrogens is 312 g/mol. The number of nitrogens with zero attached hydrogens (tertiary/aromatic N) is 1. The van der Waals surface area contributed by atoms with Gasteiger partial charge in [0.05, 0.1) is 0 Å². The van der Waals surface area contributed by atoms with Crippen molar-refractivity contribution in [3.8, 4) is 5.75 Å². The minimum Gasteiger partial charge on any atom is -0.480 e. The van der Waals surface area contributed by atoms with Crippen LogP contribution >= 0.6 is 11.6 Å². The minimum absolute atomic E-state index is 0.0103. The molecular formula is C18H17ClN2O2. The van der Waals surface area contributed by atoms with E-state index >= 15 is 0 Å². The number of amides is 1. The predicted molar refractivity (Wildman–Crippen MR) is 91.1 cm³/mol. The van der Waals surface area contributed by atoms with Crippen molar-refractivity contribution in [2.24, 2.45) is 0 Å². The molecule has 0 fully saturated rings. The molecule has 1 amide bonds. The van der Waals surface area contributed by atoms with Crippen molar-refractivity contribution in [3.63, 3.8) is 0 Å². The van der Waals surface area contributed by atoms with Gasteiger partial charge in [0.1, 0.15) is 5.75 Å². The van der Waals surface area contributed by atoms with Crippen LogP contribution in [0.4, 0.5) is 11.4 Å². The Kier molecular flexibility index (Phi) is 3.42. The Morgan fingerprint density at radius 3 is 3.04 bits per heavy atom. The Morgan fingerprint density at radius 1 is 1.30 bits per heavy atom. The summed E-state index contributed by atoms with van der Waals surface area (Å²) >= 11 is 6.02. The standard InChI is InChI=1S/C18H17ClN2O2/c19-12-6-7-16-11(9-12)10-17(23-16)18(22)21-8-2-3-13-14(20)4-1-5-15(13)21/h1,4-7,9,17H,2-3,8,10,20H2. The third-order valence-electron chi connectivity index (χ3n) is 4.53. The number of anilines is 2. The summed E-state index contributed by atoms with van der Waals surface area (Å²) in [5, 5.41) is 0.663. The van der Waals surface area contributed by atoms with Gasteiger partial charge in [0.25, 0.3) is 5.91 Å². The molecule has 1 unspecified atom stereocenters. The van der Waals surface area contributed by atoms with Gasteiger partial charge in [-0.3, -0.25) is 4.79 Å². The molecule has 2 aliphatic heterocycles. The van der Waals surface area contributed by atoms with Crippen LogP contribution in [0.5, 0.6) is 5.75 Å². The van der Waals surface area contributed by atoms with Crippen molar-refractivity contribution >= 4 is 28.9 Å². The quantitative estimate of drug-likeness (QED) is 0.818. The number of carbonyl (C=O) groups excluding carboxylic acids is 1. The van der Waals surface area contributed by atoms with E-state index in [0.29, 0.717) is 18.0 Å². The van der Waals surface area contributed by atoms with Crippen molar-refractivity contribution < 1.29 is 9.53 Å². The molecule has 1 atom stereocenters. The van der Waals surface area contributed by atoms with Gasteiger partial charge >= 0.3 is 0 Å². The highest BCUT2D eigenvalue weighted by atomic mass is 35.5. The highest BCUT2D eigenvalue weighted by molar-refractivity contribution is 6.30. The van der Waals surface area contributed by atoms with E-state index in [0.717, 1.165) is 41.1 Å². The first kappa shape index (κ1) is 14.4. The molecule has 0 saturated heterocycles. The van der Waals surface area contributed by atoms with Gasteiger partial charge in [-0.05, 0) is 54.3 Å². The molecule has 0 aliphatic carbocycles. The second-order valence-electron chi connectivity index (χ2n) is 6.00. The molecule has 0 radical (unpaired) electrons. The van der Waals surface area contributed by atoms with Crippen LogP contribution in [0.15, 0.2) is 36.4 Å². The molecule has 2 heterocycles. The van der Waals surface area contributed by atoms with E-state index in [9.17, 15) is 4.79 Å². The van der Waals surface area contributed by atoms with Crippen LogP contribution in [0.25, 0.3) is 0 Å². The molecule has 23 heavy (non-hydrogen) atoms. The van der Waals surface area contributed by atoms with Gasteiger partial charge in [-0.1, -0.05) is 17.7 Å². The SMILES string of the molecule is Nc1cccc2c1CCCN2C(=O)C1Cc2cc(Cl)ccc2O1. The lowest BCUT2D eigenvalue weighted by Gasteiger charge is -2.31. The van der Waals surface area contributed by atoms with Crippen LogP contribution in [0.2, 0.25) is 5.02 Å². The summed E-state index contributed by atoms with van der Waals surface area (Å²) in [5.41, 5.74) is 9.77. The van der Waals surface area contributed by atoms with Crippen LogP contribution in [0.1, 0.15) is 17.5 Å². The summed E-state index contributed by atoms with van der Waals surface area (Å²) in [4.78, 5) is 14.8. The minimum atomic E-state index is -0.490. The Bertz CT molecular complexity index is 791. The van der Waals surface area contributed by atoms with E-state index in [1.54, 1.807) is 6.07 Å². The van der Waals surface area contributed by atoms with E-state index in [1.807, 2.05) is 35.2 Å². The number of halogens is 1. The van der Waals surface area contributed by atoms with Gasteiger partial charge in [-0.15, -0.1) is 0 Å². The number of hydrogen-bond acceptors (Lipinski definition) is 3. The lowest BCUT2D eigenvalue weighted by molar-refractivity contribution is -0.124. The molecule has 2 aromatic rings. The monoisotopic (exact) mass is 328 g/mol. The van der Waals surface area contributed by atoms with Crippen molar-refractivity contribution in [3.05, 3.63) is 52.5 Å². The molecule has 2 aliphatic rings. The Labute approximate surface area is 139 Å². The van der Waals surface area contributed by atoms with Crippen LogP contribution in [0, 0.1) is 0 Å². The van der Waals surface area contributed by atoms with Gasteiger partial charge in [0, 0.05) is 29.4 Å². The van der Waals surface area contributed by atoms with E-state index in [1.165, 1.54) is 0 Å². The molecule has 2 aromatic carbocycles. The smallest absolute Gasteiger partial charge is 0.268 e. The van der Waals surface area contributed by atoms with Crippen LogP contribution in [-0.4, -0.2) is 18.6 Å². The van der Waals surface area contributed by atoms with Crippen LogP contribution in [0.3, 0.4) is 0 Å². The van der Waals surface area contributed by atoms with Crippen molar-refractivity contribution in [1.82, 2.24) is 0 Å². The van der Waals surface area contributed by atoms with Crippen LogP contribution < -0.4 is 15.4 Å². The van der Waals surface area contributed by atoms with E-state index < -0.39 is 6.10 Å². The second-order valence-corrected chi connectivity index (χ2v) is 6.44. The summed E-state index contributed by atoms with van der Waals surface area (Å²) in [6, 6.07) is 11.2. The summed E-state index contributed by atoms with van der Waals surface area (Å²) in [5.74, 6) is 0.737. The van der Waals surface area contributed by atoms with Crippen molar-refractivity contribution in [2.75, 3.05) is 17.2 Å². The zero-order valence-electron chi connectivity index (χ0n) is 12.6. The number of carbonyl (C=O) groups is 1. The first-order valence-electron chi connectivity index (χ1n) is 7.77. The highest BCUT2D eigenvalue weighted by Crippen LogP contribution is 2.35. The number of hydrogen-bond donors (Lipinski definition) is 1. The van der Waals surface area contributed by atoms with Gasteiger partial charge < -0.3 is 15.4 Å². The normalized spacial score (nSPS) is 19.0. The first-order chi connectivity index (χ1) is 11.1. The van der Waals surface area contributed by atoms with Gasteiger partial charge in [0.15, 0.2) is 6.10 Å². The summed E-state index contributed by atoms with van der Waals surface area (Å²) < 4.78 is 5.84.